The van der Waals surface area contributed by atoms with E-state index in [1.54, 1.807) is 7.11 Å². The number of para-hydroxylation sites is 1. The van der Waals surface area contributed by atoms with Crippen LogP contribution in [0.2, 0.25) is 0 Å². The molecule has 0 radical (unpaired) electrons. The van der Waals surface area contributed by atoms with E-state index in [2.05, 4.69) is 4.98 Å². The highest BCUT2D eigenvalue weighted by atomic mass is 16.6. The van der Waals surface area contributed by atoms with Crippen LogP contribution >= 0.6 is 0 Å². The molecule has 0 aliphatic heterocycles. The second-order valence-corrected chi connectivity index (χ2v) is 3.64. The van der Waals surface area contributed by atoms with Crippen molar-refractivity contribution in [3.8, 4) is 0 Å². The van der Waals surface area contributed by atoms with Crippen LogP contribution in [0.4, 0.5) is 5.69 Å². The van der Waals surface area contributed by atoms with E-state index in [9.17, 15) is 10.1 Å². The fraction of sp³-hybridized carbons (Fsp3) is 0.250. The van der Waals surface area contributed by atoms with Gasteiger partial charge in [-0.05, 0) is 6.07 Å². The third-order valence-electron chi connectivity index (χ3n) is 2.62. The molecule has 88 valence electrons. The molecule has 0 saturated carbocycles. The topological polar surface area (TPSA) is 65.3 Å². The van der Waals surface area contributed by atoms with Crippen LogP contribution in [0.3, 0.4) is 0 Å². The predicted octanol–water partition coefficient (Wildman–Crippen LogP) is 2.33. The van der Waals surface area contributed by atoms with Crippen LogP contribution in [0.1, 0.15) is 5.56 Å². The monoisotopic (exact) mass is 232 g/mol. The van der Waals surface area contributed by atoms with Gasteiger partial charge in [0, 0.05) is 24.5 Å². The summed E-state index contributed by atoms with van der Waals surface area (Å²) in [5, 5.41) is 11.8. The number of fused-ring (bicyclic) bond motifs is 1. The molecule has 0 spiro atoms. The summed E-state index contributed by atoms with van der Waals surface area (Å²) in [4.78, 5) is 14.6. The van der Waals surface area contributed by atoms with Crippen LogP contribution < -0.4 is 0 Å². The number of nitrogens with zero attached hydrogens (tertiary/aromatic N) is 2. The lowest BCUT2D eigenvalue weighted by atomic mass is 10.1. The van der Waals surface area contributed by atoms with Crippen molar-refractivity contribution in [1.82, 2.24) is 4.98 Å². The molecule has 2 aromatic rings. The van der Waals surface area contributed by atoms with Gasteiger partial charge in [-0.1, -0.05) is 18.2 Å². The Labute approximate surface area is 98.2 Å². The molecule has 2 rings (SSSR count). The third-order valence-corrected chi connectivity index (χ3v) is 2.62. The standard InChI is InChI=1S/C12H12N2O3/c1-17-7-6-10-9-4-2-3-5-11(9)13-8-12(10)14(15)16/h2-5,8H,6-7H2,1H3. The van der Waals surface area contributed by atoms with Crippen molar-refractivity contribution in [3.63, 3.8) is 0 Å². The Morgan fingerprint density at radius 3 is 2.88 bits per heavy atom. The van der Waals surface area contributed by atoms with E-state index in [0.717, 1.165) is 10.9 Å². The Balaban J connectivity index is 2.61. The average molecular weight is 232 g/mol. The molecule has 1 aromatic carbocycles. The molecule has 0 fully saturated rings. The number of aromatic nitrogens is 1. The zero-order valence-electron chi connectivity index (χ0n) is 9.42. The number of benzene rings is 1. The van der Waals surface area contributed by atoms with Crippen molar-refractivity contribution < 1.29 is 9.66 Å². The summed E-state index contributed by atoms with van der Waals surface area (Å²) in [6, 6.07) is 7.40. The Hall–Kier alpha value is -2.01. The molecule has 0 aliphatic carbocycles. The highest BCUT2D eigenvalue weighted by molar-refractivity contribution is 5.85. The van der Waals surface area contributed by atoms with E-state index in [0.29, 0.717) is 18.6 Å². The lowest BCUT2D eigenvalue weighted by Crippen LogP contribution is -2.02. The number of methoxy groups -OCH3 is 1. The van der Waals surface area contributed by atoms with Gasteiger partial charge in [-0.3, -0.25) is 10.1 Å². The summed E-state index contributed by atoms with van der Waals surface area (Å²) >= 11 is 0. The molecule has 0 saturated heterocycles. The minimum atomic E-state index is -0.398. The Morgan fingerprint density at radius 1 is 1.41 bits per heavy atom. The minimum Gasteiger partial charge on any atom is -0.384 e. The maximum atomic E-state index is 11.0. The van der Waals surface area contributed by atoms with Crippen molar-refractivity contribution in [2.75, 3.05) is 13.7 Å². The first-order valence-electron chi connectivity index (χ1n) is 5.24. The highest BCUT2D eigenvalue weighted by Gasteiger charge is 2.17. The third kappa shape index (κ3) is 2.24. The molecule has 1 heterocycles. The Kier molecular flexibility index (Phi) is 3.30. The fourth-order valence-corrected chi connectivity index (χ4v) is 1.81. The molecule has 0 aliphatic rings. The van der Waals surface area contributed by atoms with E-state index in [4.69, 9.17) is 4.74 Å². The van der Waals surface area contributed by atoms with Crippen LogP contribution in [-0.2, 0) is 11.2 Å². The van der Waals surface area contributed by atoms with E-state index in [1.807, 2.05) is 24.3 Å². The molecular weight excluding hydrogens is 220 g/mol. The van der Waals surface area contributed by atoms with Gasteiger partial charge in [-0.2, -0.15) is 0 Å². The van der Waals surface area contributed by atoms with Crippen LogP contribution in [0.15, 0.2) is 30.5 Å². The smallest absolute Gasteiger partial charge is 0.291 e. The van der Waals surface area contributed by atoms with Crippen molar-refractivity contribution in [2.45, 2.75) is 6.42 Å². The summed E-state index contributed by atoms with van der Waals surface area (Å²) in [5.41, 5.74) is 1.51. The number of rotatable bonds is 4. The first kappa shape index (κ1) is 11.5. The van der Waals surface area contributed by atoms with Gasteiger partial charge in [0.2, 0.25) is 0 Å². The molecule has 0 unspecified atom stereocenters. The summed E-state index contributed by atoms with van der Waals surface area (Å²) in [5.74, 6) is 0. The van der Waals surface area contributed by atoms with E-state index in [1.165, 1.54) is 6.20 Å². The molecular formula is C12H12N2O3. The van der Waals surface area contributed by atoms with Crippen LogP contribution in [0.25, 0.3) is 10.9 Å². The Bertz CT molecular complexity index is 554. The van der Waals surface area contributed by atoms with Crippen LogP contribution in [-0.4, -0.2) is 23.6 Å². The quantitative estimate of drug-likeness (QED) is 0.599. The van der Waals surface area contributed by atoms with Gasteiger partial charge in [-0.15, -0.1) is 0 Å². The number of ether oxygens (including phenoxy) is 1. The fourth-order valence-electron chi connectivity index (χ4n) is 1.81. The largest absolute Gasteiger partial charge is 0.384 e. The normalized spacial score (nSPS) is 10.6. The molecule has 0 atom stereocenters. The van der Waals surface area contributed by atoms with Crippen molar-refractivity contribution in [3.05, 3.63) is 46.1 Å². The molecule has 17 heavy (non-hydrogen) atoms. The maximum absolute atomic E-state index is 11.0. The molecule has 5 nitrogen and oxygen atoms in total. The van der Waals surface area contributed by atoms with Gasteiger partial charge in [-0.25, -0.2) is 4.98 Å². The Morgan fingerprint density at radius 2 is 2.18 bits per heavy atom. The van der Waals surface area contributed by atoms with Gasteiger partial charge in [0.25, 0.3) is 5.69 Å². The molecule has 1 aromatic heterocycles. The molecule has 0 amide bonds. The number of hydrogen-bond acceptors (Lipinski definition) is 4. The highest BCUT2D eigenvalue weighted by Crippen LogP contribution is 2.26. The second-order valence-electron chi connectivity index (χ2n) is 3.64. The van der Waals surface area contributed by atoms with Crippen molar-refractivity contribution in [2.24, 2.45) is 0 Å². The van der Waals surface area contributed by atoms with Crippen molar-refractivity contribution >= 4 is 16.6 Å². The van der Waals surface area contributed by atoms with E-state index < -0.39 is 4.92 Å². The minimum absolute atomic E-state index is 0.0563. The lowest BCUT2D eigenvalue weighted by Gasteiger charge is -2.06. The van der Waals surface area contributed by atoms with E-state index >= 15 is 0 Å². The summed E-state index contributed by atoms with van der Waals surface area (Å²) in [6.45, 7) is 0.453. The summed E-state index contributed by atoms with van der Waals surface area (Å²) in [7, 11) is 1.58. The summed E-state index contributed by atoms with van der Waals surface area (Å²) in [6.07, 6.45) is 1.82. The van der Waals surface area contributed by atoms with Gasteiger partial charge in [0.15, 0.2) is 0 Å². The van der Waals surface area contributed by atoms with Gasteiger partial charge in [0.05, 0.1) is 17.0 Å². The average Bonchev–Trinajstić information content (AvgIpc) is 2.35. The molecule has 0 N–H and O–H groups in total. The number of pyridine rings is 1. The number of nitro groups is 1. The first-order chi connectivity index (χ1) is 8.24. The van der Waals surface area contributed by atoms with Crippen molar-refractivity contribution in [1.29, 1.82) is 0 Å². The van der Waals surface area contributed by atoms with Crippen LogP contribution in [0, 0.1) is 10.1 Å². The van der Waals surface area contributed by atoms with E-state index in [-0.39, 0.29) is 5.69 Å². The molecule has 5 heteroatoms. The first-order valence-corrected chi connectivity index (χ1v) is 5.24. The maximum Gasteiger partial charge on any atom is 0.291 e. The lowest BCUT2D eigenvalue weighted by molar-refractivity contribution is -0.385. The van der Waals surface area contributed by atoms with Gasteiger partial charge < -0.3 is 4.74 Å². The molecule has 0 bridgehead atoms. The zero-order valence-corrected chi connectivity index (χ0v) is 9.42. The van der Waals surface area contributed by atoms with Gasteiger partial charge >= 0.3 is 0 Å². The zero-order chi connectivity index (χ0) is 12.3. The SMILES string of the molecule is COCCc1c([N+](=O)[O-])cnc2ccccc12. The van der Waals surface area contributed by atoms with Gasteiger partial charge in [0.1, 0.15) is 6.20 Å². The number of hydrogen-bond donors (Lipinski definition) is 0. The second kappa shape index (κ2) is 4.88. The predicted molar refractivity (Wildman–Crippen MR) is 64.0 cm³/mol. The van der Waals surface area contributed by atoms with Crippen LogP contribution in [0.5, 0.6) is 0 Å². The summed E-state index contributed by atoms with van der Waals surface area (Å²) < 4.78 is 4.99.